The van der Waals surface area contributed by atoms with Crippen molar-refractivity contribution >= 4 is 41.3 Å². The van der Waals surface area contributed by atoms with E-state index in [9.17, 15) is 0 Å². The normalized spacial score (nSPS) is 16.0. The molecule has 24 heavy (non-hydrogen) atoms. The third-order valence-electron chi connectivity index (χ3n) is 4.27. The number of halogens is 1. The maximum atomic E-state index is 4.67. The molecule has 130 valence electrons. The third kappa shape index (κ3) is 4.47. The zero-order valence-corrected chi connectivity index (χ0v) is 17.6. The molecule has 3 rings (SSSR count). The van der Waals surface area contributed by atoms with Crippen molar-refractivity contribution in [3.05, 3.63) is 51.0 Å². The molecule has 0 saturated carbocycles. The minimum absolute atomic E-state index is 0. The van der Waals surface area contributed by atoms with Crippen molar-refractivity contribution in [2.75, 3.05) is 13.1 Å². The van der Waals surface area contributed by atoms with Crippen LogP contribution in [0.25, 0.3) is 0 Å². The Balaban J connectivity index is 0.00000208. The number of rotatable bonds is 5. The van der Waals surface area contributed by atoms with Crippen LogP contribution in [0.15, 0.2) is 29.3 Å². The highest BCUT2D eigenvalue weighted by molar-refractivity contribution is 14.0. The molecule has 1 atom stereocenters. The molecule has 0 fully saturated rings. The average Bonchev–Trinajstić information content (AvgIpc) is 2.84. The van der Waals surface area contributed by atoms with Crippen LogP contribution in [0.2, 0.25) is 0 Å². The smallest absolute Gasteiger partial charge is 0.191 e. The lowest BCUT2D eigenvalue weighted by Crippen LogP contribution is -2.41. The number of nitrogens with zero attached hydrogens (tertiary/aromatic N) is 2. The molecule has 4 nitrogen and oxygen atoms in total. The molecule has 1 unspecified atom stereocenters. The SMILES string of the molecule is CCNC(=NCc1nc(C)c(C)s1)NCC1Cc2ccccc21.I. The minimum Gasteiger partial charge on any atom is -0.357 e. The molecule has 0 bridgehead atoms. The lowest BCUT2D eigenvalue weighted by Gasteiger charge is -2.30. The number of hydrogen-bond acceptors (Lipinski definition) is 3. The quantitative estimate of drug-likeness (QED) is 0.409. The molecular weight excluding hydrogens is 431 g/mol. The first-order valence-corrected chi connectivity index (χ1v) is 9.02. The molecule has 1 aromatic carbocycles. The molecular formula is C18H25IN4S. The summed E-state index contributed by atoms with van der Waals surface area (Å²) in [5.74, 6) is 1.47. The summed E-state index contributed by atoms with van der Waals surface area (Å²) < 4.78 is 0. The second-order valence-electron chi connectivity index (χ2n) is 5.93. The Bertz CT molecular complexity index is 691. The van der Waals surface area contributed by atoms with Gasteiger partial charge < -0.3 is 10.6 Å². The molecule has 2 aromatic rings. The number of aromatic nitrogens is 1. The minimum atomic E-state index is 0. The van der Waals surface area contributed by atoms with E-state index in [1.807, 2.05) is 0 Å². The van der Waals surface area contributed by atoms with Crippen molar-refractivity contribution < 1.29 is 0 Å². The fourth-order valence-corrected chi connectivity index (χ4v) is 3.72. The summed E-state index contributed by atoms with van der Waals surface area (Å²) in [6, 6.07) is 8.69. The molecule has 1 aromatic heterocycles. The molecule has 0 radical (unpaired) electrons. The first-order valence-electron chi connectivity index (χ1n) is 8.20. The first kappa shape index (κ1) is 19.2. The Morgan fingerprint density at radius 1 is 1.29 bits per heavy atom. The Morgan fingerprint density at radius 3 is 2.75 bits per heavy atom. The molecule has 6 heteroatoms. The summed E-state index contributed by atoms with van der Waals surface area (Å²) in [6.07, 6.45) is 1.16. The summed E-state index contributed by atoms with van der Waals surface area (Å²) in [4.78, 5) is 10.5. The van der Waals surface area contributed by atoms with E-state index in [1.165, 1.54) is 16.0 Å². The highest BCUT2D eigenvalue weighted by atomic mass is 127. The summed E-state index contributed by atoms with van der Waals surface area (Å²) in [7, 11) is 0. The van der Waals surface area contributed by atoms with Gasteiger partial charge in [0.25, 0.3) is 0 Å². The van der Waals surface area contributed by atoms with Gasteiger partial charge in [0.15, 0.2) is 5.96 Å². The van der Waals surface area contributed by atoms with Gasteiger partial charge in [0.05, 0.1) is 12.2 Å². The van der Waals surface area contributed by atoms with Crippen LogP contribution >= 0.6 is 35.3 Å². The van der Waals surface area contributed by atoms with Gasteiger partial charge in [0.1, 0.15) is 5.01 Å². The lowest BCUT2D eigenvalue weighted by molar-refractivity contribution is 0.584. The predicted molar refractivity (Wildman–Crippen MR) is 113 cm³/mol. The van der Waals surface area contributed by atoms with E-state index in [1.54, 1.807) is 11.3 Å². The summed E-state index contributed by atoms with van der Waals surface area (Å²) >= 11 is 1.73. The highest BCUT2D eigenvalue weighted by Gasteiger charge is 2.25. The Hall–Kier alpha value is -1.15. The summed E-state index contributed by atoms with van der Waals surface area (Å²) in [6.45, 7) is 8.68. The standard InChI is InChI=1S/C18H24N4S.HI/c1-4-19-18(21-11-17-22-12(2)13(3)23-17)20-10-15-9-14-7-5-6-8-16(14)15;/h5-8,15H,4,9-11H2,1-3H3,(H2,19,20,21);1H. The maximum absolute atomic E-state index is 4.67. The van der Waals surface area contributed by atoms with Gasteiger partial charge in [-0.2, -0.15) is 0 Å². The van der Waals surface area contributed by atoms with Crippen LogP contribution in [0.1, 0.15) is 39.5 Å². The number of aryl methyl sites for hydroxylation is 2. The van der Waals surface area contributed by atoms with E-state index in [0.29, 0.717) is 12.5 Å². The van der Waals surface area contributed by atoms with E-state index in [-0.39, 0.29) is 24.0 Å². The lowest BCUT2D eigenvalue weighted by atomic mass is 9.78. The first-order chi connectivity index (χ1) is 11.2. The number of hydrogen-bond donors (Lipinski definition) is 2. The van der Waals surface area contributed by atoms with Gasteiger partial charge in [-0.25, -0.2) is 9.98 Å². The zero-order chi connectivity index (χ0) is 16.2. The molecule has 0 spiro atoms. The number of aliphatic imine (C=N–C) groups is 1. The second kappa shape index (κ2) is 8.80. The Morgan fingerprint density at radius 2 is 2.08 bits per heavy atom. The van der Waals surface area contributed by atoms with Crippen molar-refractivity contribution in [2.24, 2.45) is 4.99 Å². The van der Waals surface area contributed by atoms with Gasteiger partial charge in [0, 0.05) is 23.9 Å². The van der Waals surface area contributed by atoms with Crippen LogP contribution < -0.4 is 10.6 Å². The van der Waals surface area contributed by atoms with E-state index in [0.717, 1.165) is 36.2 Å². The van der Waals surface area contributed by atoms with Crippen molar-refractivity contribution in [3.63, 3.8) is 0 Å². The second-order valence-corrected chi connectivity index (χ2v) is 7.21. The third-order valence-corrected chi connectivity index (χ3v) is 5.32. The van der Waals surface area contributed by atoms with Gasteiger partial charge in [0.2, 0.25) is 0 Å². The maximum Gasteiger partial charge on any atom is 0.191 e. The molecule has 1 aliphatic carbocycles. The van der Waals surface area contributed by atoms with Crippen molar-refractivity contribution in [3.8, 4) is 0 Å². The van der Waals surface area contributed by atoms with Gasteiger partial charge in [-0.05, 0) is 38.3 Å². The molecule has 0 aliphatic heterocycles. The van der Waals surface area contributed by atoms with Gasteiger partial charge >= 0.3 is 0 Å². The van der Waals surface area contributed by atoms with E-state index < -0.39 is 0 Å². The van der Waals surface area contributed by atoms with Crippen molar-refractivity contribution in [1.29, 1.82) is 0 Å². The van der Waals surface area contributed by atoms with Crippen LogP contribution in [-0.4, -0.2) is 24.0 Å². The number of nitrogens with one attached hydrogen (secondary N) is 2. The van der Waals surface area contributed by atoms with Crippen LogP contribution in [0, 0.1) is 13.8 Å². The fraction of sp³-hybridized carbons (Fsp3) is 0.444. The van der Waals surface area contributed by atoms with Crippen LogP contribution in [0.4, 0.5) is 0 Å². The zero-order valence-electron chi connectivity index (χ0n) is 14.4. The monoisotopic (exact) mass is 456 g/mol. The molecule has 1 heterocycles. The Kier molecular flexibility index (Phi) is 7.03. The number of benzene rings is 1. The molecule has 2 N–H and O–H groups in total. The molecule has 1 aliphatic rings. The Labute approximate surface area is 165 Å². The highest BCUT2D eigenvalue weighted by Crippen LogP contribution is 2.33. The number of thiazole rings is 1. The predicted octanol–water partition coefficient (Wildman–Crippen LogP) is 3.77. The van der Waals surface area contributed by atoms with Gasteiger partial charge in [-0.15, -0.1) is 35.3 Å². The van der Waals surface area contributed by atoms with Gasteiger partial charge in [-0.3, -0.25) is 0 Å². The topological polar surface area (TPSA) is 49.3 Å². The van der Waals surface area contributed by atoms with Crippen LogP contribution in [-0.2, 0) is 13.0 Å². The largest absolute Gasteiger partial charge is 0.357 e. The van der Waals surface area contributed by atoms with E-state index in [2.05, 4.69) is 65.6 Å². The summed E-state index contributed by atoms with van der Waals surface area (Å²) in [5.41, 5.74) is 4.07. The number of fused-ring (bicyclic) bond motifs is 1. The number of guanidine groups is 1. The van der Waals surface area contributed by atoms with Crippen molar-refractivity contribution in [2.45, 2.75) is 39.7 Å². The van der Waals surface area contributed by atoms with Crippen LogP contribution in [0.3, 0.4) is 0 Å². The summed E-state index contributed by atoms with van der Waals surface area (Å²) in [5, 5.41) is 7.86. The van der Waals surface area contributed by atoms with E-state index in [4.69, 9.17) is 0 Å². The fourth-order valence-electron chi connectivity index (χ4n) is 2.86. The van der Waals surface area contributed by atoms with E-state index >= 15 is 0 Å². The van der Waals surface area contributed by atoms with Gasteiger partial charge in [-0.1, -0.05) is 24.3 Å². The molecule has 0 saturated heterocycles. The molecule has 0 amide bonds. The van der Waals surface area contributed by atoms with Crippen LogP contribution in [0.5, 0.6) is 0 Å². The average molecular weight is 456 g/mol. The van der Waals surface area contributed by atoms with Crippen molar-refractivity contribution in [1.82, 2.24) is 15.6 Å².